The van der Waals surface area contributed by atoms with Gasteiger partial charge in [-0.25, -0.2) is 9.97 Å². The average Bonchev–Trinajstić information content (AvgIpc) is 2.90. The van der Waals surface area contributed by atoms with E-state index in [0.717, 1.165) is 17.7 Å². The van der Waals surface area contributed by atoms with E-state index in [0.29, 0.717) is 23.6 Å². The maximum Gasteiger partial charge on any atom is 0.158 e. The van der Waals surface area contributed by atoms with Gasteiger partial charge in [-0.15, -0.1) is 0 Å². The lowest BCUT2D eigenvalue weighted by atomic mass is 9.95. The van der Waals surface area contributed by atoms with Gasteiger partial charge in [-0.1, -0.05) is 18.0 Å². The predicted octanol–water partition coefficient (Wildman–Crippen LogP) is 2.88. The molecule has 18 heavy (non-hydrogen) atoms. The molecule has 3 rings (SSSR count). The fraction of sp³-hybridized carbons (Fsp3) is 0.692. The Hall–Kier alpha value is -0.870. The highest BCUT2D eigenvalue weighted by Gasteiger charge is 2.39. The van der Waals surface area contributed by atoms with Crippen LogP contribution in [0.25, 0.3) is 0 Å². The van der Waals surface area contributed by atoms with E-state index >= 15 is 0 Å². The van der Waals surface area contributed by atoms with Crippen LogP contribution in [0.2, 0.25) is 5.15 Å². The van der Waals surface area contributed by atoms with Crippen LogP contribution in [0.5, 0.6) is 0 Å². The molecule has 3 atom stereocenters. The van der Waals surface area contributed by atoms with Gasteiger partial charge in [0, 0.05) is 19.2 Å². The lowest BCUT2D eigenvalue weighted by Gasteiger charge is -2.23. The van der Waals surface area contributed by atoms with Crippen molar-refractivity contribution >= 4 is 17.4 Å². The van der Waals surface area contributed by atoms with Gasteiger partial charge >= 0.3 is 0 Å². The second kappa shape index (κ2) is 5.02. The van der Waals surface area contributed by atoms with E-state index in [2.05, 4.69) is 15.3 Å². The van der Waals surface area contributed by atoms with Crippen LogP contribution in [0.3, 0.4) is 0 Å². The molecule has 2 aliphatic rings. The third kappa shape index (κ3) is 2.45. The van der Waals surface area contributed by atoms with Crippen molar-refractivity contribution in [1.82, 2.24) is 9.97 Å². The highest BCUT2D eigenvalue weighted by Crippen LogP contribution is 2.45. The first-order valence-electron chi connectivity index (χ1n) is 6.53. The first kappa shape index (κ1) is 12.2. The van der Waals surface area contributed by atoms with Crippen molar-refractivity contribution in [2.24, 2.45) is 11.8 Å². The van der Waals surface area contributed by atoms with E-state index < -0.39 is 0 Å². The van der Waals surface area contributed by atoms with Gasteiger partial charge in [0.1, 0.15) is 17.6 Å². The number of anilines is 1. The van der Waals surface area contributed by atoms with Gasteiger partial charge in [-0.3, -0.25) is 0 Å². The Morgan fingerprint density at radius 3 is 2.94 bits per heavy atom. The number of hydrogen-bond acceptors (Lipinski definition) is 4. The average molecular weight is 268 g/mol. The molecule has 0 aromatic carbocycles. The van der Waals surface area contributed by atoms with Crippen molar-refractivity contribution in [3.8, 4) is 0 Å². The molecule has 1 aromatic heterocycles. The number of hydrogen-bond donors (Lipinski definition) is 1. The molecule has 1 aromatic rings. The molecule has 0 radical (unpaired) electrons. The molecular weight excluding hydrogens is 250 g/mol. The Morgan fingerprint density at radius 2 is 2.28 bits per heavy atom. The van der Waals surface area contributed by atoms with Crippen LogP contribution < -0.4 is 5.32 Å². The standard InChI is InChI=1S/C13H18ClN3O/c1-18-7-13-16-11(14)6-12(17-13)15-10-5-8-2-3-9(10)4-8/h6,8-10H,2-5,7H2,1H3,(H,15,16,17). The molecule has 3 unspecified atom stereocenters. The minimum absolute atomic E-state index is 0.395. The largest absolute Gasteiger partial charge is 0.377 e. The van der Waals surface area contributed by atoms with Gasteiger partial charge in [0.15, 0.2) is 5.82 Å². The zero-order valence-corrected chi connectivity index (χ0v) is 11.3. The zero-order valence-electron chi connectivity index (χ0n) is 10.5. The summed E-state index contributed by atoms with van der Waals surface area (Å²) in [5.41, 5.74) is 0. The number of rotatable bonds is 4. The number of halogens is 1. The maximum absolute atomic E-state index is 6.00. The Bertz CT molecular complexity index is 440. The summed E-state index contributed by atoms with van der Waals surface area (Å²) in [6.07, 6.45) is 5.40. The minimum Gasteiger partial charge on any atom is -0.377 e. The summed E-state index contributed by atoms with van der Waals surface area (Å²) in [5, 5.41) is 4.00. The Labute approximate surface area is 112 Å². The molecule has 4 nitrogen and oxygen atoms in total. The molecule has 0 amide bonds. The second-order valence-corrected chi connectivity index (χ2v) is 5.74. The first-order chi connectivity index (χ1) is 8.74. The monoisotopic (exact) mass is 267 g/mol. The van der Waals surface area contributed by atoms with Crippen LogP contribution in [0.4, 0.5) is 5.82 Å². The van der Waals surface area contributed by atoms with E-state index in [-0.39, 0.29) is 0 Å². The predicted molar refractivity (Wildman–Crippen MR) is 70.6 cm³/mol. The number of fused-ring (bicyclic) bond motifs is 2. The molecule has 1 heterocycles. The molecule has 1 N–H and O–H groups in total. The van der Waals surface area contributed by atoms with Crippen molar-refractivity contribution in [3.05, 3.63) is 17.0 Å². The van der Waals surface area contributed by atoms with E-state index in [9.17, 15) is 0 Å². The first-order valence-corrected chi connectivity index (χ1v) is 6.91. The normalized spacial score (nSPS) is 29.8. The quantitative estimate of drug-likeness (QED) is 0.852. The highest BCUT2D eigenvalue weighted by atomic mass is 35.5. The van der Waals surface area contributed by atoms with E-state index in [1.54, 1.807) is 13.2 Å². The maximum atomic E-state index is 6.00. The van der Waals surface area contributed by atoms with Crippen LogP contribution >= 0.6 is 11.6 Å². The summed E-state index contributed by atoms with van der Waals surface area (Å²) < 4.78 is 5.05. The van der Waals surface area contributed by atoms with E-state index in [1.807, 2.05) is 0 Å². The van der Waals surface area contributed by atoms with Crippen molar-refractivity contribution < 1.29 is 4.74 Å². The number of nitrogens with one attached hydrogen (secondary N) is 1. The van der Waals surface area contributed by atoms with Crippen LogP contribution in [-0.2, 0) is 11.3 Å². The summed E-state index contributed by atoms with van der Waals surface area (Å²) in [6, 6.07) is 2.36. The lowest BCUT2D eigenvalue weighted by molar-refractivity contribution is 0.178. The lowest BCUT2D eigenvalue weighted by Crippen LogP contribution is -2.26. The van der Waals surface area contributed by atoms with Gasteiger partial charge in [-0.2, -0.15) is 0 Å². The van der Waals surface area contributed by atoms with Gasteiger partial charge in [-0.05, 0) is 31.1 Å². The molecule has 0 aliphatic heterocycles. The zero-order chi connectivity index (χ0) is 12.5. The topological polar surface area (TPSA) is 47.0 Å². The summed E-state index contributed by atoms with van der Waals surface area (Å²) in [6.45, 7) is 0.395. The molecule has 0 saturated heterocycles. The number of ether oxygens (including phenoxy) is 1. The fourth-order valence-corrected chi connectivity index (χ4v) is 3.54. The highest BCUT2D eigenvalue weighted by molar-refractivity contribution is 6.29. The molecule has 2 bridgehead atoms. The molecular formula is C13H18ClN3O. The van der Waals surface area contributed by atoms with Crippen molar-refractivity contribution in [2.75, 3.05) is 12.4 Å². The van der Waals surface area contributed by atoms with Gasteiger partial charge in [0.05, 0.1) is 0 Å². The minimum atomic E-state index is 0.395. The second-order valence-electron chi connectivity index (χ2n) is 5.35. The Kier molecular flexibility index (Phi) is 3.39. The molecule has 5 heteroatoms. The van der Waals surface area contributed by atoms with E-state index in [4.69, 9.17) is 16.3 Å². The number of aromatic nitrogens is 2. The number of nitrogens with zero attached hydrogens (tertiary/aromatic N) is 2. The van der Waals surface area contributed by atoms with E-state index in [1.165, 1.54) is 25.7 Å². The van der Waals surface area contributed by atoms with Gasteiger partial charge in [0.25, 0.3) is 0 Å². The Balaban J connectivity index is 1.72. The Morgan fingerprint density at radius 1 is 1.39 bits per heavy atom. The molecule has 0 spiro atoms. The van der Waals surface area contributed by atoms with Crippen LogP contribution in [0.15, 0.2) is 6.07 Å². The third-order valence-corrected chi connectivity index (χ3v) is 4.28. The third-order valence-electron chi connectivity index (χ3n) is 4.09. The smallest absolute Gasteiger partial charge is 0.158 e. The number of methoxy groups -OCH3 is 1. The SMILES string of the molecule is COCc1nc(Cl)cc(NC2CC3CCC2C3)n1. The van der Waals surface area contributed by atoms with Crippen molar-refractivity contribution in [3.63, 3.8) is 0 Å². The van der Waals surface area contributed by atoms with Crippen LogP contribution in [0, 0.1) is 11.8 Å². The van der Waals surface area contributed by atoms with Crippen LogP contribution in [-0.4, -0.2) is 23.1 Å². The molecule has 2 saturated carbocycles. The van der Waals surface area contributed by atoms with Crippen LogP contribution in [0.1, 0.15) is 31.5 Å². The van der Waals surface area contributed by atoms with Crippen molar-refractivity contribution in [1.29, 1.82) is 0 Å². The molecule has 2 aliphatic carbocycles. The fourth-order valence-electron chi connectivity index (χ4n) is 3.34. The molecule has 98 valence electrons. The summed E-state index contributed by atoms with van der Waals surface area (Å²) in [4.78, 5) is 8.57. The molecule has 2 fully saturated rings. The van der Waals surface area contributed by atoms with Crippen molar-refractivity contribution in [2.45, 2.75) is 38.3 Å². The van der Waals surface area contributed by atoms with Gasteiger partial charge in [0.2, 0.25) is 0 Å². The summed E-state index contributed by atoms with van der Waals surface area (Å²) >= 11 is 6.00. The summed E-state index contributed by atoms with van der Waals surface area (Å²) in [5.74, 6) is 3.20. The summed E-state index contributed by atoms with van der Waals surface area (Å²) in [7, 11) is 1.63. The van der Waals surface area contributed by atoms with Gasteiger partial charge < -0.3 is 10.1 Å².